The molecule has 12 heteroatoms. The molecule has 7 aromatic rings. The van der Waals surface area contributed by atoms with E-state index >= 15 is 0 Å². The molecule has 2 aromatic heterocycles. The molecule has 0 saturated heterocycles. The zero-order chi connectivity index (χ0) is 42.2. The molecule has 0 atom stereocenters. The predicted molar refractivity (Wildman–Crippen MR) is 240 cm³/mol. The Hall–Kier alpha value is -7.07. The number of carbonyl (C=O) groups is 2. The zero-order valence-corrected chi connectivity index (χ0v) is 34.3. The Morgan fingerprint density at radius 3 is 2.57 bits per heavy atom. The number of rotatable bonds is 14. The number of nitrogens with one attached hydrogen (secondary N) is 4. The maximum Gasteiger partial charge on any atom is 0.255 e. The second-order valence-corrected chi connectivity index (χ2v) is 15.4. The van der Waals surface area contributed by atoms with Crippen molar-refractivity contribution < 1.29 is 19.4 Å². The number of pyridine rings is 2. The van der Waals surface area contributed by atoms with Crippen molar-refractivity contribution in [2.45, 2.75) is 42.9 Å². The summed E-state index contributed by atoms with van der Waals surface area (Å²) < 4.78 is 5.39. The number of aromatic nitrogens is 2. The largest absolute Gasteiger partial charge is 0.506 e. The summed E-state index contributed by atoms with van der Waals surface area (Å²) in [6.45, 7) is 5.49. The highest BCUT2D eigenvalue weighted by Gasteiger charge is 2.17. The number of aryl methyl sites for hydroxylation is 2. The highest BCUT2D eigenvalue weighted by atomic mass is 32.2. The molecule has 0 aliphatic carbocycles. The highest BCUT2D eigenvalue weighted by Crippen LogP contribution is 2.37. The number of phenolic OH excluding ortho intramolecular Hbond substituents is 1. The van der Waals surface area contributed by atoms with E-state index in [0.717, 1.165) is 86.4 Å². The third-order valence-corrected chi connectivity index (χ3v) is 10.9. The number of H-pyrrole nitrogens is 1. The molecular formula is C48H44N6O5S. The molecule has 0 fully saturated rings. The van der Waals surface area contributed by atoms with Crippen LogP contribution in [0.25, 0.3) is 21.8 Å². The van der Waals surface area contributed by atoms with Gasteiger partial charge in [0.1, 0.15) is 11.5 Å². The van der Waals surface area contributed by atoms with Crippen LogP contribution >= 0.6 is 11.8 Å². The van der Waals surface area contributed by atoms with Crippen molar-refractivity contribution in [3.8, 4) is 23.3 Å². The average Bonchev–Trinajstić information content (AvgIpc) is 3.23. The number of carbonyl (C=O) groups excluding carboxylic acids is 2. The maximum atomic E-state index is 13.5. The predicted octanol–water partition coefficient (Wildman–Crippen LogP) is 8.62. The first-order chi connectivity index (χ1) is 29.1. The lowest BCUT2D eigenvalue weighted by atomic mass is 10.0. The van der Waals surface area contributed by atoms with Crippen LogP contribution in [0.1, 0.15) is 55.8 Å². The number of benzene rings is 5. The molecule has 0 aliphatic rings. The molecule has 7 rings (SSSR count). The van der Waals surface area contributed by atoms with Crippen molar-refractivity contribution >= 4 is 62.4 Å². The number of ether oxygens (including phenoxy) is 1. The van der Waals surface area contributed by atoms with Crippen molar-refractivity contribution in [2.75, 3.05) is 30.8 Å². The lowest BCUT2D eigenvalue weighted by Crippen LogP contribution is -2.18. The molecule has 11 nitrogen and oxygen atoms in total. The first kappa shape index (κ1) is 41.1. The van der Waals surface area contributed by atoms with E-state index in [9.17, 15) is 19.5 Å². The number of anilines is 3. The SMILES string of the molecule is COc1cccc(Nc2c(C(N)=O)cnc3c(C)cc(Sc4cccc(C(=O)Nc5ccc(C#CCCCNCCc6ccc(O)c7[nH]c(=O)ccc67)cc5C)c4)cc23)c1. The molecule has 302 valence electrons. The maximum absolute atomic E-state index is 13.5. The van der Waals surface area contributed by atoms with E-state index in [1.165, 1.54) is 24.0 Å². The van der Waals surface area contributed by atoms with Gasteiger partial charge in [-0.3, -0.25) is 19.4 Å². The fraction of sp³-hybridized carbons (Fsp3) is 0.167. The van der Waals surface area contributed by atoms with Crippen molar-refractivity contribution in [3.05, 3.63) is 153 Å². The number of phenols is 1. The summed E-state index contributed by atoms with van der Waals surface area (Å²) in [6, 6.07) is 31.4. The van der Waals surface area contributed by atoms with E-state index in [1.807, 2.05) is 92.7 Å². The number of unbranched alkanes of at least 4 members (excludes halogenated alkanes) is 1. The van der Waals surface area contributed by atoms with E-state index in [4.69, 9.17) is 10.5 Å². The standard InChI is InChI=1S/C48H44N6O5S/c1-29-23-31(9-5-4-6-21-50-22-20-32-15-18-42(55)46-38(32)16-19-43(56)54-46)14-17-41(29)53-48(58)33-10-7-13-36(25-33)60-37-24-30(2)44-39(27-37)45(40(28-51-44)47(49)57)52-34-11-8-12-35(26-34)59-3/h7-8,10-19,23-28,50,55H,4,6,20-22H2,1-3H3,(H2,49,57)(H,51,52)(H,53,58)(H,54,56). The fourth-order valence-corrected chi connectivity index (χ4v) is 7.93. The van der Waals surface area contributed by atoms with Crippen LogP contribution in [0, 0.1) is 25.7 Å². The molecule has 60 heavy (non-hydrogen) atoms. The molecule has 0 aliphatic heterocycles. The van der Waals surface area contributed by atoms with Gasteiger partial charge < -0.3 is 36.5 Å². The van der Waals surface area contributed by atoms with Gasteiger partial charge in [-0.05, 0) is 129 Å². The Morgan fingerprint density at radius 1 is 0.900 bits per heavy atom. The number of nitrogens with zero attached hydrogens (tertiary/aromatic N) is 1. The van der Waals surface area contributed by atoms with Gasteiger partial charge >= 0.3 is 0 Å². The average molecular weight is 817 g/mol. The third-order valence-electron chi connectivity index (χ3n) is 9.97. The minimum Gasteiger partial charge on any atom is -0.506 e. The minimum absolute atomic E-state index is 0.0656. The lowest BCUT2D eigenvalue weighted by molar-refractivity contribution is 0.0998. The van der Waals surface area contributed by atoms with E-state index in [0.29, 0.717) is 28.2 Å². The highest BCUT2D eigenvalue weighted by molar-refractivity contribution is 7.99. The molecule has 0 unspecified atom stereocenters. The minimum atomic E-state index is -0.599. The quantitative estimate of drug-likeness (QED) is 0.0465. The smallest absolute Gasteiger partial charge is 0.255 e. The van der Waals surface area contributed by atoms with Crippen molar-refractivity contribution in [1.29, 1.82) is 0 Å². The Kier molecular flexibility index (Phi) is 12.8. The molecule has 2 heterocycles. The van der Waals surface area contributed by atoms with Crippen LogP contribution in [-0.4, -0.2) is 47.1 Å². The lowest BCUT2D eigenvalue weighted by Gasteiger charge is -2.16. The van der Waals surface area contributed by atoms with Crippen LogP contribution in [0.2, 0.25) is 0 Å². The van der Waals surface area contributed by atoms with Crippen LogP contribution in [-0.2, 0) is 6.42 Å². The number of fused-ring (bicyclic) bond motifs is 2. The van der Waals surface area contributed by atoms with E-state index < -0.39 is 5.91 Å². The summed E-state index contributed by atoms with van der Waals surface area (Å²) in [7, 11) is 1.60. The van der Waals surface area contributed by atoms with Crippen LogP contribution < -0.4 is 32.0 Å². The molecule has 7 N–H and O–H groups in total. The number of primary amides is 1. The summed E-state index contributed by atoms with van der Waals surface area (Å²) in [5, 5.41) is 21.6. The van der Waals surface area contributed by atoms with E-state index in [1.54, 1.807) is 25.3 Å². The molecule has 5 aromatic carbocycles. The van der Waals surface area contributed by atoms with Gasteiger partial charge in [0, 0.05) is 67.8 Å². The number of aromatic hydroxyl groups is 1. The molecular weight excluding hydrogens is 773 g/mol. The topological polar surface area (TPSA) is 171 Å². The molecule has 0 bridgehead atoms. The van der Waals surface area contributed by atoms with Gasteiger partial charge in [0.2, 0.25) is 5.56 Å². The molecule has 0 spiro atoms. The van der Waals surface area contributed by atoms with Gasteiger partial charge in [0.05, 0.1) is 29.4 Å². The van der Waals surface area contributed by atoms with Gasteiger partial charge in [-0.25, -0.2) is 0 Å². The Labute approximate surface area is 351 Å². The van der Waals surface area contributed by atoms with E-state index in [-0.39, 0.29) is 22.8 Å². The molecule has 0 saturated carbocycles. The Bertz CT molecular complexity index is 2880. The molecule has 2 amide bonds. The first-order valence-electron chi connectivity index (χ1n) is 19.4. The van der Waals surface area contributed by atoms with Gasteiger partial charge in [0.15, 0.2) is 0 Å². The summed E-state index contributed by atoms with van der Waals surface area (Å²) in [5.74, 6) is 6.40. The second-order valence-electron chi connectivity index (χ2n) is 14.3. The first-order valence-corrected chi connectivity index (χ1v) is 20.3. The number of hydrogen-bond donors (Lipinski definition) is 6. The van der Waals surface area contributed by atoms with Crippen LogP contribution in [0.4, 0.5) is 17.1 Å². The van der Waals surface area contributed by atoms with Crippen molar-refractivity contribution in [2.24, 2.45) is 5.73 Å². The van der Waals surface area contributed by atoms with Gasteiger partial charge in [0.25, 0.3) is 11.8 Å². The van der Waals surface area contributed by atoms with Crippen LogP contribution in [0.5, 0.6) is 11.5 Å². The Balaban J connectivity index is 0.950. The molecule has 0 radical (unpaired) electrons. The summed E-state index contributed by atoms with van der Waals surface area (Å²) in [6.07, 6.45) is 3.88. The number of aromatic amines is 1. The number of methoxy groups -OCH3 is 1. The monoisotopic (exact) mass is 816 g/mol. The normalized spacial score (nSPS) is 10.9. The van der Waals surface area contributed by atoms with Crippen LogP contribution in [0.15, 0.2) is 124 Å². The van der Waals surface area contributed by atoms with Crippen LogP contribution in [0.3, 0.4) is 0 Å². The van der Waals surface area contributed by atoms with Gasteiger partial charge in [-0.15, -0.1) is 0 Å². The number of amides is 2. The van der Waals surface area contributed by atoms with E-state index in [2.05, 4.69) is 37.8 Å². The summed E-state index contributed by atoms with van der Waals surface area (Å²) in [4.78, 5) is 46.7. The van der Waals surface area contributed by atoms with Gasteiger partial charge in [-0.2, -0.15) is 0 Å². The second kappa shape index (κ2) is 18.7. The summed E-state index contributed by atoms with van der Waals surface area (Å²) >= 11 is 1.50. The van der Waals surface area contributed by atoms with Crippen molar-refractivity contribution in [3.63, 3.8) is 0 Å². The summed E-state index contributed by atoms with van der Waals surface area (Å²) in [5.41, 5.74) is 13.3. The zero-order valence-electron chi connectivity index (χ0n) is 33.4. The fourth-order valence-electron chi connectivity index (χ4n) is 6.91. The number of hydrogen-bond acceptors (Lipinski definition) is 9. The third kappa shape index (κ3) is 9.78. The Morgan fingerprint density at radius 2 is 1.75 bits per heavy atom. The van der Waals surface area contributed by atoms with Gasteiger partial charge in [-0.1, -0.05) is 41.8 Å². The number of nitrogens with two attached hydrogens (primary N) is 1. The van der Waals surface area contributed by atoms with Crippen molar-refractivity contribution in [1.82, 2.24) is 15.3 Å².